The number of nitrogens with one attached hydrogen (secondary N) is 2. The second-order valence-electron chi connectivity index (χ2n) is 4.43. The summed E-state index contributed by atoms with van der Waals surface area (Å²) in [5.74, 6) is -0.313. The van der Waals surface area contributed by atoms with Crippen LogP contribution < -0.4 is 10.6 Å². The number of nitrogens with zero attached hydrogens (tertiary/aromatic N) is 2. The van der Waals surface area contributed by atoms with Crippen LogP contribution in [0.2, 0.25) is 0 Å². The smallest absolute Gasteiger partial charge is 0.263 e. The first kappa shape index (κ1) is 17.5. The highest BCUT2D eigenvalue weighted by Gasteiger charge is 2.10. The first-order valence-electron chi connectivity index (χ1n) is 6.95. The predicted octanol–water partition coefficient (Wildman–Crippen LogP) is 1.24. The molecule has 5 nitrogen and oxygen atoms in total. The minimum atomic E-state index is -0.313. The molecule has 0 heterocycles. The van der Waals surface area contributed by atoms with E-state index in [4.69, 9.17) is 5.26 Å². The average molecular weight is 266 g/mol. The second-order valence-corrected chi connectivity index (χ2v) is 4.43. The van der Waals surface area contributed by atoms with Gasteiger partial charge in [-0.1, -0.05) is 20.8 Å². The Balaban J connectivity index is 4.19. The van der Waals surface area contributed by atoms with E-state index in [1.807, 2.05) is 19.9 Å². The molecule has 0 aliphatic rings. The van der Waals surface area contributed by atoms with E-state index in [-0.39, 0.29) is 17.5 Å². The van der Waals surface area contributed by atoms with Crippen LogP contribution in [-0.2, 0) is 4.79 Å². The Hall–Kier alpha value is -1.54. The third kappa shape index (κ3) is 7.47. The van der Waals surface area contributed by atoms with E-state index in [1.165, 1.54) is 6.20 Å². The Morgan fingerprint density at radius 1 is 1.37 bits per heavy atom. The molecule has 19 heavy (non-hydrogen) atoms. The zero-order chi connectivity index (χ0) is 14.7. The molecule has 0 bridgehead atoms. The highest BCUT2D eigenvalue weighted by molar-refractivity contribution is 5.97. The number of nitriles is 1. The summed E-state index contributed by atoms with van der Waals surface area (Å²) in [6.45, 7) is 11.8. The third-order valence-electron chi connectivity index (χ3n) is 3.07. The number of hydrogen-bond acceptors (Lipinski definition) is 4. The zero-order valence-electron chi connectivity index (χ0n) is 12.5. The van der Waals surface area contributed by atoms with Crippen molar-refractivity contribution >= 4 is 5.91 Å². The van der Waals surface area contributed by atoms with Gasteiger partial charge in [0.25, 0.3) is 5.91 Å². The molecular formula is C14H26N4O. The fourth-order valence-corrected chi connectivity index (χ4v) is 1.49. The van der Waals surface area contributed by atoms with E-state index in [0.717, 1.165) is 32.6 Å². The molecule has 0 radical (unpaired) electrons. The van der Waals surface area contributed by atoms with Gasteiger partial charge in [-0.3, -0.25) is 4.79 Å². The molecule has 0 fully saturated rings. The Morgan fingerprint density at radius 2 is 2.00 bits per heavy atom. The SMILES string of the molecule is CCC(C)NC(=O)/C(C#N)=C\NCCN(CC)CC. The molecule has 108 valence electrons. The number of carbonyl (C=O) groups is 1. The van der Waals surface area contributed by atoms with Crippen LogP contribution in [0.25, 0.3) is 0 Å². The second kappa shape index (κ2) is 10.4. The van der Waals surface area contributed by atoms with Crippen molar-refractivity contribution in [2.24, 2.45) is 0 Å². The third-order valence-corrected chi connectivity index (χ3v) is 3.07. The van der Waals surface area contributed by atoms with Gasteiger partial charge in [0.05, 0.1) is 0 Å². The van der Waals surface area contributed by atoms with Crippen LogP contribution in [0, 0.1) is 11.3 Å². The lowest BCUT2D eigenvalue weighted by Gasteiger charge is -2.17. The van der Waals surface area contributed by atoms with E-state index in [1.54, 1.807) is 0 Å². The standard InChI is InChI=1S/C14H26N4O/c1-5-12(4)17-14(19)13(10-15)11-16-8-9-18(6-2)7-3/h11-12,16H,5-9H2,1-4H3,(H,17,19)/b13-11-. The molecule has 0 saturated heterocycles. The summed E-state index contributed by atoms with van der Waals surface area (Å²) < 4.78 is 0. The fraction of sp³-hybridized carbons (Fsp3) is 0.714. The van der Waals surface area contributed by atoms with Crippen molar-refractivity contribution in [3.05, 3.63) is 11.8 Å². The summed E-state index contributed by atoms with van der Waals surface area (Å²) in [6, 6.07) is 2.00. The molecule has 1 amide bonds. The highest BCUT2D eigenvalue weighted by Crippen LogP contribution is 1.95. The molecule has 0 aromatic carbocycles. The molecular weight excluding hydrogens is 240 g/mol. The van der Waals surface area contributed by atoms with Gasteiger partial charge >= 0.3 is 0 Å². The van der Waals surface area contributed by atoms with Gasteiger partial charge in [-0.25, -0.2) is 0 Å². The Labute approximate surface area is 116 Å². The molecule has 0 aliphatic carbocycles. The first-order valence-corrected chi connectivity index (χ1v) is 6.95. The first-order chi connectivity index (χ1) is 9.08. The number of likely N-dealkylation sites (N-methyl/N-ethyl adjacent to an activating group) is 1. The predicted molar refractivity (Wildman–Crippen MR) is 77.4 cm³/mol. The fourth-order valence-electron chi connectivity index (χ4n) is 1.49. The van der Waals surface area contributed by atoms with Gasteiger partial charge in [-0.05, 0) is 26.4 Å². The van der Waals surface area contributed by atoms with E-state index >= 15 is 0 Å². The van der Waals surface area contributed by atoms with Crippen LogP contribution in [-0.4, -0.2) is 43.0 Å². The van der Waals surface area contributed by atoms with Crippen molar-refractivity contribution < 1.29 is 4.79 Å². The Morgan fingerprint density at radius 3 is 2.47 bits per heavy atom. The highest BCUT2D eigenvalue weighted by atomic mass is 16.1. The summed E-state index contributed by atoms with van der Waals surface area (Å²) in [6.07, 6.45) is 2.35. The maximum atomic E-state index is 11.7. The minimum Gasteiger partial charge on any atom is -0.388 e. The number of hydrogen-bond donors (Lipinski definition) is 2. The van der Waals surface area contributed by atoms with Crippen molar-refractivity contribution in [3.8, 4) is 6.07 Å². The lowest BCUT2D eigenvalue weighted by molar-refractivity contribution is -0.117. The van der Waals surface area contributed by atoms with Gasteiger partial charge in [0.2, 0.25) is 0 Å². The molecule has 1 atom stereocenters. The number of amides is 1. The van der Waals surface area contributed by atoms with Crippen molar-refractivity contribution in [2.45, 2.75) is 40.2 Å². The van der Waals surface area contributed by atoms with Crippen LogP contribution in [0.3, 0.4) is 0 Å². The summed E-state index contributed by atoms with van der Waals surface area (Å²) >= 11 is 0. The largest absolute Gasteiger partial charge is 0.388 e. The monoisotopic (exact) mass is 266 g/mol. The van der Waals surface area contributed by atoms with E-state index < -0.39 is 0 Å². The molecule has 0 saturated carbocycles. The zero-order valence-corrected chi connectivity index (χ0v) is 12.5. The molecule has 2 N–H and O–H groups in total. The summed E-state index contributed by atoms with van der Waals surface area (Å²) in [5, 5.41) is 14.7. The molecule has 0 aromatic rings. The van der Waals surface area contributed by atoms with Gasteiger partial charge in [-0.15, -0.1) is 0 Å². The van der Waals surface area contributed by atoms with Crippen LogP contribution in [0.4, 0.5) is 0 Å². The van der Waals surface area contributed by atoms with E-state index in [2.05, 4.69) is 29.4 Å². The van der Waals surface area contributed by atoms with Gasteiger partial charge in [0.15, 0.2) is 0 Å². The number of rotatable bonds is 9. The normalized spacial score (nSPS) is 12.9. The quantitative estimate of drug-likeness (QED) is 0.374. The van der Waals surface area contributed by atoms with Crippen molar-refractivity contribution in [3.63, 3.8) is 0 Å². The lowest BCUT2D eigenvalue weighted by Crippen LogP contribution is -2.34. The topological polar surface area (TPSA) is 68.2 Å². The number of carbonyl (C=O) groups excluding carboxylic acids is 1. The maximum absolute atomic E-state index is 11.7. The molecule has 0 aromatic heterocycles. The van der Waals surface area contributed by atoms with Gasteiger partial charge < -0.3 is 15.5 Å². The van der Waals surface area contributed by atoms with E-state index in [0.29, 0.717) is 0 Å². The summed E-state index contributed by atoms with van der Waals surface area (Å²) in [7, 11) is 0. The molecule has 0 aliphatic heterocycles. The Bertz CT molecular complexity index is 329. The van der Waals surface area contributed by atoms with E-state index in [9.17, 15) is 4.79 Å². The van der Waals surface area contributed by atoms with Crippen LogP contribution in [0.5, 0.6) is 0 Å². The Kier molecular flexibility index (Phi) is 9.55. The molecule has 1 unspecified atom stereocenters. The molecule has 0 spiro atoms. The lowest BCUT2D eigenvalue weighted by atomic mass is 10.2. The average Bonchev–Trinajstić information content (AvgIpc) is 2.42. The van der Waals surface area contributed by atoms with Gasteiger partial charge in [0, 0.05) is 25.3 Å². The van der Waals surface area contributed by atoms with Crippen molar-refractivity contribution in [2.75, 3.05) is 26.2 Å². The molecule has 0 rings (SSSR count). The van der Waals surface area contributed by atoms with Gasteiger partial charge in [0.1, 0.15) is 11.6 Å². The minimum absolute atomic E-state index is 0.0833. The molecule has 5 heteroatoms. The van der Waals surface area contributed by atoms with Crippen LogP contribution in [0.15, 0.2) is 11.8 Å². The summed E-state index contributed by atoms with van der Waals surface area (Å²) in [5.41, 5.74) is 0.125. The van der Waals surface area contributed by atoms with Crippen molar-refractivity contribution in [1.82, 2.24) is 15.5 Å². The van der Waals surface area contributed by atoms with Crippen LogP contribution in [0.1, 0.15) is 34.1 Å². The van der Waals surface area contributed by atoms with Gasteiger partial charge in [-0.2, -0.15) is 5.26 Å². The summed E-state index contributed by atoms with van der Waals surface area (Å²) in [4.78, 5) is 14.0. The van der Waals surface area contributed by atoms with Crippen LogP contribution >= 0.6 is 0 Å². The maximum Gasteiger partial charge on any atom is 0.263 e. The van der Waals surface area contributed by atoms with Crippen molar-refractivity contribution in [1.29, 1.82) is 5.26 Å².